The van der Waals surface area contributed by atoms with Gasteiger partial charge in [-0.25, -0.2) is 4.39 Å². The van der Waals surface area contributed by atoms with Crippen molar-refractivity contribution in [1.82, 2.24) is 0 Å². The highest BCUT2D eigenvalue weighted by atomic mass is 35.5. The van der Waals surface area contributed by atoms with Crippen molar-refractivity contribution in [2.45, 2.75) is 6.10 Å². The third-order valence-electron chi connectivity index (χ3n) is 4.77. The highest BCUT2D eigenvalue weighted by Crippen LogP contribution is 2.32. The van der Waals surface area contributed by atoms with Crippen LogP contribution in [-0.2, 0) is 0 Å². The highest BCUT2D eigenvalue weighted by Gasteiger charge is 2.23. The Kier molecular flexibility index (Phi) is 5.77. The van der Waals surface area contributed by atoms with E-state index in [9.17, 15) is 9.18 Å². The van der Waals surface area contributed by atoms with Crippen LogP contribution in [0.2, 0.25) is 5.02 Å². The third-order valence-corrected chi connectivity index (χ3v) is 5.08. The molecule has 0 saturated carbocycles. The lowest BCUT2D eigenvalue weighted by Crippen LogP contribution is -2.41. The Balaban J connectivity index is 1.38. The smallest absolute Gasteiger partial charge is 0.257 e. The number of rotatable bonds is 5. The zero-order chi connectivity index (χ0) is 21.1. The van der Waals surface area contributed by atoms with Crippen molar-refractivity contribution in [3.63, 3.8) is 0 Å². The first-order chi connectivity index (χ1) is 14.5. The van der Waals surface area contributed by atoms with E-state index in [2.05, 4.69) is 10.2 Å². The van der Waals surface area contributed by atoms with Crippen molar-refractivity contribution in [3.8, 4) is 11.5 Å². The molecule has 1 aliphatic rings. The second-order valence-corrected chi connectivity index (χ2v) is 7.41. The molecule has 0 aliphatic carbocycles. The van der Waals surface area contributed by atoms with Crippen LogP contribution >= 0.6 is 11.6 Å². The van der Waals surface area contributed by atoms with Gasteiger partial charge in [0.05, 0.1) is 22.8 Å². The molecular weight excluding hydrogens is 407 g/mol. The van der Waals surface area contributed by atoms with E-state index >= 15 is 0 Å². The predicted molar refractivity (Wildman–Crippen MR) is 115 cm³/mol. The largest absolute Gasteiger partial charge is 0.490 e. The predicted octanol–water partition coefficient (Wildman–Crippen LogP) is 5.01. The van der Waals surface area contributed by atoms with Crippen LogP contribution < -0.4 is 19.7 Å². The molecule has 1 atom stereocenters. The molecule has 154 valence electrons. The summed E-state index contributed by atoms with van der Waals surface area (Å²) in [6.45, 7) is 1.04. The van der Waals surface area contributed by atoms with Gasteiger partial charge in [0.1, 0.15) is 30.0 Å². The summed E-state index contributed by atoms with van der Waals surface area (Å²) in [5.41, 5.74) is 1.83. The lowest BCUT2D eigenvalue weighted by atomic mass is 10.2. The Morgan fingerprint density at radius 1 is 1.20 bits per heavy atom. The molecule has 7 heteroatoms. The maximum Gasteiger partial charge on any atom is 0.257 e. The summed E-state index contributed by atoms with van der Waals surface area (Å²) in [7, 11) is 2.01. The Morgan fingerprint density at radius 2 is 1.97 bits per heavy atom. The monoisotopic (exact) mass is 426 g/mol. The number of nitrogens with zero attached hydrogens (tertiary/aromatic N) is 1. The van der Waals surface area contributed by atoms with Gasteiger partial charge >= 0.3 is 0 Å². The topological polar surface area (TPSA) is 50.8 Å². The van der Waals surface area contributed by atoms with E-state index in [-0.39, 0.29) is 22.9 Å². The number of hydrogen-bond acceptors (Lipinski definition) is 4. The number of amides is 1. The number of carbonyl (C=O) groups excluding carboxylic acids is 1. The van der Waals surface area contributed by atoms with E-state index in [0.717, 1.165) is 11.4 Å². The molecule has 0 bridgehead atoms. The molecule has 0 spiro atoms. The van der Waals surface area contributed by atoms with Crippen molar-refractivity contribution >= 4 is 28.9 Å². The standard InChI is InChI=1S/C23H20ClFN2O3/c1-27-13-18(30-22-5-3-2-4-21(22)27)14-29-17-10-11-19(20(24)12-17)23(28)26-16-8-6-15(25)7-9-16/h2-12,18H,13-14H2,1H3,(H,26,28)/t18-/m0/s1. The molecule has 0 radical (unpaired) electrons. The molecule has 0 fully saturated rings. The van der Waals surface area contributed by atoms with Crippen LogP contribution in [-0.4, -0.2) is 32.2 Å². The summed E-state index contributed by atoms with van der Waals surface area (Å²) in [5.74, 6) is 0.616. The average Bonchev–Trinajstić information content (AvgIpc) is 2.74. The molecule has 3 aromatic carbocycles. The summed E-state index contributed by atoms with van der Waals surface area (Å²) >= 11 is 6.29. The van der Waals surface area contributed by atoms with Crippen LogP contribution in [0.3, 0.4) is 0 Å². The fraction of sp³-hybridized carbons (Fsp3) is 0.174. The van der Waals surface area contributed by atoms with Gasteiger partial charge in [-0.3, -0.25) is 4.79 Å². The van der Waals surface area contributed by atoms with Gasteiger partial charge in [0.25, 0.3) is 5.91 Å². The quantitative estimate of drug-likeness (QED) is 0.623. The maximum absolute atomic E-state index is 13.0. The molecule has 1 amide bonds. The summed E-state index contributed by atoms with van der Waals surface area (Å²) < 4.78 is 24.8. The number of fused-ring (bicyclic) bond motifs is 1. The van der Waals surface area contributed by atoms with Crippen LogP contribution in [0.1, 0.15) is 10.4 Å². The number of anilines is 2. The van der Waals surface area contributed by atoms with Crippen molar-refractivity contribution in [3.05, 3.63) is 83.1 Å². The van der Waals surface area contributed by atoms with Gasteiger partial charge in [-0.1, -0.05) is 23.7 Å². The fourth-order valence-corrected chi connectivity index (χ4v) is 3.53. The Hall–Kier alpha value is -3.25. The van der Waals surface area contributed by atoms with Crippen molar-refractivity contribution in [1.29, 1.82) is 0 Å². The molecule has 4 rings (SSSR count). The molecule has 1 aliphatic heterocycles. The highest BCUT2D eigenvalue weighted by molar-refractivity contribution is 6.34. The minimum absolute atomic E-state index is 0.134. The Bertz CT molecular complexity index is 1060. The normalized spacial score (nSPS) is 15.2. The van der Waals surface area contributed by atoms with Crippen molar-refractivity contribution < 1.29 is 18.7 Å². The number of ether oxygens (including phenoxy) is 2. The van der Waals surface area contributed by atoms with Gasteiger partial charge in [0.15, 0.2) is 0 Å². The van der Waals surface area contributed by atoms with Gasteiger partial charge in [0.2, 0.25) is 0 Å². The van der Waals surface area contributed by atoms with E-state index in [1.807, 2.05) is 31.3 Å². The van der Waals surface area contributed by atoms with Crippen molar-refractivity contribution in [2.75, 3.05) is 30.4 Å². The first kappa shape index (κ1) is 20.0. The Labute approximate surface area is 179 Å². The third kappa shape index (κ3) is 4.49. The summed E-state index contributed by atoms with van der Waals surface area (Å²) in [4.78, 5) is 14.6. The second kappa shape index (κ2) is 8.63. The number of benzene rings is 3. The summed E-state index contributed by atoms with van der Waals surface area (Å²) in [6, 6.07) is 18.3. The molecule has 1 N–H and O–H groups in total. The molecule has 30 heavy (non-hydrogen) atoms. The molecule has 5 nitrogen and oxygen atoms in total. The van der Waals surface area contributed by atoms with Crippen LogP contribution in [0.5, 0.6) is 11.5 Å². The molecule has 0 unspecified atom stereocenters. The van der Waals surface area contributed by atoms with E-state index in [0.29, 0.717) is 30.2 Å². The number of likely N-dealkylation sites (N-methyl/N-ethyl adjacent to an activating group) is 1. The molecule has 0 aromatic heterocycles. The number of halogens is 2. The van der Waals surface area contributed by atoms with Gasteiger partial charge in [-0.05, 0) is 54.6 Å². The first-order valence-corrected chi connectivity index (χ1v) is 9.83. The van der Waals surface area contributed by atoms with E-state index < -0.39 is 0 Å². The lowest BCUT2D eigenvalue weighted by molar-refractivity contribution is 0.102. The first-order valence-electron chi connectivity index (χ1n) is 9.46. The minimum Gasteiger partial charge on any atom is -0.490 e. The minimum atomic E-state index is -0.382. The molecule has 0 saturated heterocycles. The summed E-state index contributed by atoms with van der Waals surface area (Å²) in [6.07, 6.45) is -0.134. The van der Waals surface area contributed by atoms with Gasteiger partial charge in [0, 0.05) is 12.7 Å². The number of carbonyl (C=O) groups is 1. The molecule has 3 aromatic rings. The van der Waals surface area contributed by atoms with Gasteiger partial charge in [-0.2, -0.15) is 0 Å². The second-order valence-electron chi connectivity index (χ2n) is 7.00. The van der Waals surface area contributed by atoms with Gasteiger partial charge < -0.3 is 19.7 Å². The van der Waals surface area contributed by atoms with Gasteiger partial charge in [-0.15, -0.1) is 0 Å². The SMILES string of the molecule is CN1C[C@@H](COc2ccc(C(=O)Nc3ccc(F)cc3)c(Cl)c2)Oc2ccccc21. The van der Waals surface area contributed by atoms with E-state index in [1.54, 1.807) is 18.2 Å². The van der Waals surface area contributed by atoms with Crippen LogP contribution in [0.15, 0.2) is 66.7 Å². The Morgan fingerprint density at radius 3 is 2.73 bits per heavy atom. The molecule has 1 heterocycles. The van der Waals surface area contributed by atoms with E-state index in [1.165, 1.54) is 24.3 Å². The summed E-state index contributed by atoms with van der Waals surface area (Å²) in [5, 5.41) is 2.95. The van der Waals surface area contributed by atoms with Crippen LogP contribution in [0, 0.1) is 5.82 Å². The number of para-hydroxylation sites is 2. The molecular formula is C23H20ClFN2O3. The van der Waals surface area contributed by atoms with E-state index in [4.69, 9.17) is 21.1 Å². The zero-order valence-corrected chi connectivity index (χ0v) is 17.0. The van der Waals surface area contributed by atoms with Crippen LogP contribution in [0.25, 0.3) is 0 Å². The average molecular weight is 427 g/mol. The van der Waals surface area contributed by atoms with Crippen LogP contribution in [0.4, 0.5) is 15.8 Å². The lowest BCUT2D eigenvalue weighted by Gasteiger charge is -2.33. The maximum atomic E-state index is 13.0. The number of hydrogen-bond donors (Lipinski definition) is 1. The fourth-order valence-electron chi connectivity index (χ4n) is 3.27. The number of nitrogens with one attached hydrogen (secondary N) is 1. The van der Waals surface area contributed by atoms with Crippen molar-refractivity contribution in [2.24, 2.45) is 0 Å². The zero-order valence-electron chi connectivity index (χ0n) is 16.3.